The van der Waals surface area contributed by atoms with Gasteiger partial charge in [0, 0.05) is 49.2 Å². The third kappa shape index (κ3) is 4.21. The van der Waals surface area contributed by atoms with E-state index in [9.17, 15) is 4.79 Å². The number of ether oxygens (including phenoxy) is 2. The number of hydrogen-bond donors (Lipinski definition) is 1. The van der Waals surface area contributed by atoms with Crippen LogP contribution in [-0.4, -0.2) is 47.8 Å². The van der Waals surface area contributed by atoms with Gasteiger partial charge in [-0.3, -0.25) is 4.79 Å². The molecule has 1 fully saturated rings. The number of fused-ring (bicyclic) bond motifs is 3. The number of benzene rings is 1. The first kappa shape index (κ1) is 21.6. The van der Waals surface area contributed by atoms with Gasteiger partial charge in [-0.1, -0.05) is 0 Å². The largest absolute Gasteiger partial charge is 0.497 e. The summed E-state index contributed by atoms with van der Waals surface area (Å²) in [6.45, 7) is 1.99. The van der Waals surface area contributed by atoms with Crippen LogP contribution in [0.1, 0.15) is 42.5 Å². The van der Waals surface area contributed by atoms with E-state index in [0.29, 0.717) is 18.8 Å². The molecule has 2 aliphatic rings. The van der Waals surface area contributed by atoms with Gasteiger partial charge in [0.1, 0.15) is 17.0 Å². The molecule has 1 aliphatic carbocycles. The maximum Gasteiger partial charge on any atom is 0.225 e. The number of aromatic nitrogens is 3. The molecule has 1 N–H and O–H groups in total. The monoisotopic (exact) mass is 449 g/mol. The van der Waals surface area contributed by atoms with Crippen molar-refractivity contribution in [3.8, 4) is 11.5 Å². The minimum atomic E-state index is -0.0798. The fourth-order valence-corrected chi connectivity index (χ4v) is 5.09. The van der Waals surface area contributed by atoms with E-state index in [0.717, 1.165) is 54.9 Å². The average Bonchev–Trinajstić information content (AvgIpc) is 3.26. The summed E-state index contributed by atoms with van der Waals surface area (Å²) in [5, 5.41) is 7.92. The summed E-state index contributed by atoms with van der Waals surface area (Å²) in [4.78, 5) is 20.1. The van der Waals surface area contributed by atoms with Gasteiger partial charge in [0.15, 0.2) is 5.82 Å². The second kappa shape index (κ2) is 9.29. The van der Waals surface area contributed by atoms with Crippen LogP contribution in [0.4, 0.5) is 5.82 Å². The molecule has 8 heteroatoms. The fourth-order valence-electron chi connectivity index (χ4n) is 5.09. The zero-order chi connectivity index (χ0) is 22.8. The lowest BCUT2D eigenvalue weighted by atomic mass is 9.95. The highest BCUT2D eigenvalue weighted by atomic mass is 16.5. The van der Waals surface area contributed by atoms with Gasteiger partial charge in [0.2, 0.25) is 5.91 Å². The molecule has 0 spiro atoms. The van der Waals surface area contributed by atoms with Crippen molar-refractivity contribution in [2.24, 2.45) is 5.92 Å². The van der Waals surface area contributed by atoms with Crippen LogP contribution in [0.5, 0.6) is 11.5 Å². The van der Waals surface area contributed by atoms with Crippen LogP contribution < -0.4 is 19.7 Å². The molecule has 2 aromatic heterocycles. The predicted molar refractivity (Wildman–Crippen MR) is 126 cm³/mol. The maximum atomic E-state index is 13.1. The summed E-state index contributed by atoms with van der Waals surface area (Å²) >= 11 is 0. The Morgan fingerprint density at radius 1 is 1.18 bits per heavy atom. The summed E-state index contributed by atoms with van der Waals surface area (Å²) in [5.74, 6) is 2.39. The van der Waals surface area contributed by atoms with Gasteiger partial charge in [-0.05, 0) is 50.7 Å². The molecule has 1 aromatic carbocycles. The number of piperidine rings is 1. The van der Waals surface area contributed by atoms with Gasteiger partial charge in [0.05, 0.1) is 25.8 Å². The van der Waals surface area contributed by atoms with E-state index >= 15 is 0 Å². The van der Waals surface area contributed by atoms with Gasteiger partial charge in [-0.25, -0.2) is 9.50 Å². The summed E-state index contributed by atoms with van der Waals surface area (Å²) in [7, 11) is 3.25. The number of nitrogens with zero attached hydrogens (tertiary/aromatic N) is 4. The van der Waals surface area contributed by atoms with Crippen LogP contribution in [0.15, 0.2) is 30.6 Å². The number of rotatable bonds is 6. The molecule has 3 heterocycles. The molecule has 1 unspecified atom stereocenters. The van der Waals surface area contributed by atoms with Crippen LogP contribution >= 0.6 is 0 Å². The van der Waals surface area contributed by atoms with E-state index in [4.69, 9.17) is 19.6 Å². The Labute approximate surface area is 193 Å². The average molecular weight is 450 g/mol. The number of aryl methyl sites for hydroxylation is 2. The molecule has 0 bridgehead atoms. The Kier molecular flexibility index (Phi) is 6.07. The van der Waals surface area contributed by atoms with Crippen LogP contribution in [0.3, 0.4) is 0 Å². The molecule has 1 atom stereocenters. The fraction of sp³-hybridized carbons (Fsp3) is 0.480. The molecule has 0 saturated carbocycles. The first-order valence-corrected chi connectivity index (χ1v) is 11.8. The van der Waals surface area contributed by atoms with Crippen LogP contribution in [0.2, 0.25) is 0 Å². The highest BCUT2D eigenvalue weighted by Crippen LogP contribution is 2.32. The molecule has 0 radical (unpaired) electrons. The SMILES string of the molecule is COc1ccc(CNC(=O)C2CCCN(c3nccn4nc5c(c34)CCCC5)C2)c(OC)c1. The highest BCUT2D eigenvalue weighted by Gasteiger charge is 2.29. The molecule has 1 saturated heterocycles. The van der Waals surface area contributed by atoms with E-state index in [1.807, 2.05) is 35.1 Å². The van der Waals surface area contributed by atoms with Crippen molar-refractivity contribution >= 4 is 17.2 Å². The number of methoxy groups -OCH3 is 2. The molecule has 3 aromatic rings. The number of amides is 1. The summed E-state index contributed by atoms with van der Waals surface area (Å²) in [6.07, 6.45) is 10.1. The Bertz CT molecular complexity index is 1160. The minimum Gasteiger partial charge on any atom is -0.497 e. The second-order valence-corrected chi connectivity index (χ2v) is 8.86. The Hall–Kier alpha value is -3.29. The van der Waals surface area contributed by atoms with E-state index < -0.39 is 0 Å². The van der Waals surface area contributed by atoms with Crippen molar-refractivity contribution in [1.82, 2.24) is 19.9 Å². The Morgan fingerprint density at radius 3 is 2.91 bits per heavy atom. The Balaban J connectivity index is 1.31. The van der Waals surface area contributed by atoms with Crippen LogP contribution in [-0.2, 0) is 24.2 Å². The predicted octanol–water partition coefficient (Wildman–Crippen LogP) is 3.16. The van der Waals surface area contributed by atoms with E-state index in [2.05, 4.69) is 10.2 Å². The first-order chi connectivity index (χ1) is 16.2. The van der Waals surface area contributed by atoms with Gasteiger partial charge in [0.25, 0.3) is 0 Å². The minimum absolute atomic E-state index is 0.0695. The van der Waals surface area contributed by atoms with E-state index in [-0.39, 0.29) is 11.8 Å². The van der Waals surface area contributed by atoms with Crippen LogP contribution in [0, 0.1) is 5.92 Å². The quantitative estimate of drug-likeness (QED) is 0.623. The lowest BCUT2D eigenvalue weighted by Crippen LogP contribution is -2.43. The molecule has 8 nitrogen and oxygen atoms in total. The van der Waals surface area contributed by atoms with Crippen molar-refractivity contribution < 1.29 is 14.3 Å². The molecule has 33 heavy (non-hydrogen) atoms. The third-order valence-corrected chi connectivity index (χ3v) is 6.84. The molecule has 5 rings (SSSR count). The van der Waals surface area contributed by atoms with Gasteiger partial charge < -0.3 is 19.7 Å². The van der Waals surface area contributed by atoms with Crippen molar-refractivity contribution in [2.75, 3.05) is 32.2 Å². The van der Waals surface area contributed by atoms with Crippen LogP contribution in [0.25, 0.3) is 5.52 Å². The van der Waals surface area contributed by atoms with E-state index in [1.54, 1.807) is 14.2 Å². The number of anilines is 1. The van der Waals surface area contributed by atoms with Gasteiger partial charge >= 0.3 is 0 Å². The van der Waals surface area contributed by atoms with E-state index in [1.165, 1.54) is 24.1 Å². The zero-order valence-electron chi connectivity index (χ0n) is 19.3. The first-order valence-electron chi connectivity index (χ1n) is 11.8. The van der Waals surface area contributed by atoms with Crippen molar-refractivity contribution in [3.63, 3.8) is 0 Å². The lowest BCUT2D eigenvalue weighted by molar-refractivity contribution is -0.125. The summed E-state index contributed by atoms with van der Waals surface area (Å²) in [5.41, 5.74) is 4.59. The smallest absolute Gasteiger partial charge is 0.225 e. The van der Waals surface area contributed by atoms with Gasteiger partial charge in [-0.2, -0.15) is 5.10 Å². The van der Waals surface area contributed by atoms with Crippen molar-refractivity contribution in [1.29, 1.82) is 0 Å². The molecular formula is C25H31N5O3. The van der Waals surface area contributed by atoms with Crippen molar-refractivity contribution in [3.05, 3.63) is 47.4 Å². The zero-order valence-corrected chi connectivity index (χ0v) is 19.3. The number of hydrogen-bond acceptors (Lipinski definition) is 6. The highest BCUT2D eigenvalue weighted by molar-refractivity contribution is 5.81. The second-order valence-electron chi connectivity index (χ2n) is 8.86. The maximum absolute atomic E-state index is 13.1. The molecule has 1 aliphatic heterocycles. The number of carbonyl (C=O) groups excluding carboxylic acids is 1. The third-order valence-electron chi connectivity index (χ3n) is 6.84. The Morgan fingerprint density at radius 2 is 2.06 bits per heavy atom. The summed E-state index contributed by atoms with van der Waals surface area (Å²) < 4.78 is 12.7. The van der Waals surface area contributed by atoms with Gasteiger partial charge in [-0.15, -0.1) is 0 Å². The molecule has 1 amide bonds. The number of carbonyl (C=O) groups is 1. The standard InChI is InChI=1S/C25H31N5O3/c1-32-19-10-9-17(22(14-19)33-2)15-27-25(31)18-6-5-12-29(16-18)24-23-20-7-3-4-8-21(20)28-30(23)13-11-26-24/h9-11,13-14,18H,3-8,12,15-16H2,1-2H3,(H,27,31). The number of nitrogens with one attached hydrogen (secondary N) is 1. The summed E-state index contributed by atoms with van der Waals surface area (Å²) in [6, 6.07) is 5.64. The normalized spacial score (nSPS) is 18.1. The lowest BCUT2D eigenvalue weighted by Gasteiger charge is -2.33. The molecule has 174 valence electrons. The molecular weight excluding hydrogens is 418 g/mol. The van der Waals surface area contributed by atoms with Crippen molar-refractivity contribution in [2.45, 2.75) is 45.1 Å². The topological polar surface area (TPSA) is 81.0 Å².